The highest BCUT2D eigenvalue weighted by Gasteiger charge is 2.32. The van der Waals surface area contributed by atoms with E-state index in [2.05, 4.69) is 15.1 Å². The van der Waals surface area contributed by atoms with Crippen molar-refractivity contribution in [3.63, 3.8) is 0 Å². The minimum atomic E-state index is -3.77. The zero-order chi connectivity index (χ0) is 26.0. The maximum Gasteiger partial charge on any atom is 0.277 e. The number of piperidine rings is 1. The third-order valence-corrected chi connectivity index (χ3v) is 8.85. The Morgan fingerprint density at radius 1 is 1.25 bits per heavy atom. The Balaban J connectivity index is 1.76. The molecule has 1 saturated heterocycles. The number of aromatic amines is 1. The van der Waals surface area contributed by atoms with Crippen molar-refractivity contribution in [2.24, 2.45) is 11.8 Å². The lowest BCUT2D eigenvalue weighted by molar-refractivity contribution is 0.146. The van der Waals surface area contributed by atoms with Crippen molar-refractivity contribution in [3.8, 4) is 17.1 Å². The second kappa shape index (κ2) is 10.7. The number of hydrogen-bond acceptors (Lipinski definition) is 7. The van der Waals surface area contributed by atoms with Gasteiger partial charge >= 0.3 is 0 Å². The number of nitrogens with one attached hydrogen (secondary N) is 1. The molecule has 0 aliphatic carbocycles. The Morgan fingerprint density at radius 3 is 2.61 bits per heavy atom. The second-order valence-electron chi connectivity index (χ2n) is 9.42. The highest BCUT2D eigenvalue weighted by molar-refractivity contribution is 7.89. The van der Waals surface area contributed by atoms with Crippen LogP contribution in [0.15, 0.2) is 27.9 Å². The number of imidazole rings is 1. The molecule has 0 bridgehead atoms. The smallest absolute Gasteiger partial charge is 0.277 e. The number of benzene rings is 1. The van der Waals surface area contributed by atoms with E-state index in [1.807, 2.05) is 20.8 Å². The van der Waals surface area contributed by atoms with Gasteiger partial charge in [0.05, 0.1) is 22.8 Å². The van der Waals surface area contributed by atoms with Crippen LogP contribution in [-0.2, 0) is 16.4 Å². The minimum Gasteiger partial charge on any atom is -0.493 e. The summed E-state index contributed by atoms with van der Waals surface area (Å²) in [6.07, 6.45) is 2.91. The van der Waals surface area contributed by atoms with Gasteiger partial charge in [0.25, 0.3) is 5.56 Å². The van der Waals surface area contributed by atoms with Crippen LogP contribution in [0.4, 0.5) is 0 Å². The van der Waals surface area contributed by atoms with Crippen LogP contribution in [0.3, 0.4) is 0 Å². The average molecular weight is 518 g/mol. The molecule has 2 N–H and O–H groups in total. The van der Waals surface area contributed by atoms with Gasteiger partial charge in [0, 0.05) is 26.1 Å². The first kappa shape index (κ1) is 26.3. The molecule has 11 heteroatoms. The number of hydrogen-bond donors (Lipinski definition) is 2. The molecule has 1 aromatic carbocycles. The summed E-state index contributed by atoms with van der Waals surface area (Å²) in [5, 5.41) is 14.1. The van der Waals surface area contributed by atoms with Crippen LogP contribution in [0.25, 0.3) is 16.9 Å². The molecule has 1 atom stereocenters. The van der Waals surface area contributed by atoms with Crippen LogP contribution in [0.2, 0.25) is 0 Å². The zero-order valence-electron chi connectivity index (χ0n) is 21.3. The molecule has 3 aromatic rings. The predicted molar refractivity (Wildman–Crippen MR) is 137 cm³/mol. The van der Waals surface area contributed by atoms with Crippen molar-refractivity contribution >= 4 is 15.5 Å². The molecule has 0 spiro atoms. The number of aliphatic hydroxyl groups is 1. The number of ether oxygens (including phenoxy) is 1. The van der Waals surface area contributed by atoms with Crippen LogP contribution in [0.5, 0.6) is 5.75 Å². The van der Waals surface area contributed by atoms with Crippen LogP contribution >= 0.6 is 0 Å². The second-order valence-corrected chi connectivity index (χ2v) is 11.4. The summed E-state index contributed by atoms with van der Waals surface area (Å²) in [4.78, 5) is 20.4. The van der Waals surface area contributed by atoms with E-state index in [9.17, 15) is 18.3 Å². The Labute approximate surface area is 211 Å². The SMILES string of the molecule is CCCc1nc(C)c2c(=O)[nH]c(-c3cc(S(=O)(=O)N4CCC(C(C)CO)CC4)ccc3OCC)nn12. The lowest BCUT2D eigenvalue weighted by Gasteiger charge is -2.33. The number of sulfonamides is 1. The first-order valence-electron chi connectivity index (χ1n) is 12.6. The van der Waals surface area contributed by atoms with Crippen molar-refractivity contribution in [3.05, 3.63) is 40.1 Å². The van der Waals surface area contributed by atoms with E-state index in [4.69, 9.17) is 4.74 Å². The highest BCUT2D eigenvalue weighted by atomic mass is 32.2. The molecule has 1 fully saturated rings. The molecule has 4 rings (SSSR count). The van der Waals surface area contributed by atoms with Gasteiger partial charge in [-0.25, -0.2) is 17.9 Å². The fraction of sp³-hybridized carbons (Fsp3) is 0.560. The summed E-state index contributed by atoms with van der Waals surface area (Å²) >= 11 is 0. The van der Waals surface area contributed by atoms with Gasteiger partial charge in [0.15, 0.2) is 11.3 Å². The van der Waals surface area contributed by atoms with Gasteiger partial charge in [-0.3, -0.25) is 4.79 Å². The number of rotatable bonds is 9. The molecule has 1 unspecified atom stereocenters. The minimum absolute atomic E-state index is 0.103. The molecular weight excluding hydrogens is 482 g/mol. The molecule has 0 amide bonds. The molecule has 1 aliphatic rings. The van der Waals surface area contributed by atoms with Crippen molar-refractivity contribution in [1.82, 2.24) is 23.9 Å². The Bertz CT molecular complexity index is 1390. The van der Waals surface area contributed by atoms with E-state index in [0.717, 1.165) is 6.42 Å². The van der Waals surface area contributed by atoms with Gasteiger partial charge in [0.2, 0.25) is 10.0 Å². The van der Waals surface area contributed by atoms with Crippen molar-refractivity contribution in [1.29, 1.82) is 0 Å². The zero-order valence-corrected chi connectivity index (χ0v) is 22.1. The molecule has 1 aliphatic heterocycles. The normalized spacial score (nSPS) is 16.5. The van der Waals surface area contributed by atoms with Crippen molar-refractivity contribution < 1.29 is 18.3 Å². The van der Waals surface area contributed by atoms with Crippen LogP contribution in [0, 0.1) is 18.8 Å². The Hall–Kier alpha value is -2.76. The van der Waals surface area contributed by atoms with Crippen LogP contribution < -0.4 is 10.3 Å². The number of fused-ring (bicyclic) bond motifs is 1. The van der Waals surface area contributed by atoms with Gasteiger partial charge in [0.1, 0.15) is 11.6 Å². The summed E-state index contributed by atoms with van der Waals surface area (Å²) in [5.74, 6) is 1.78. The van der Waals surface area contributed by atoms with Gasteiger partial charge in [-0.15, -0.1) is 5.10 Å². The summed E-state index contributed by atoms with van der Waals surface area (Å²) in [6.45, 7) is 8.90. The van der Waals surface area contributed by atoms with Gasteiger partial charge in [-0.2, -0.15) is 4.31 Å². The fourth-order valence-corrected chi connectivity index (χ4v) is 6.36. The average Bonchev–Trinajstić information content (AvgIpc) is 3.19. The summed E-state index contributed by atoms with van der Waals surface area (Å²) in [5.41, 5.74) is 1.03. The summed E-state index contributed by atoms with van der Waals surface area (Å²) in [6, 6.07) is 4.67. The van der Waals surface area contributed by atoms with Crippen molar-refractivity contribution in [2.45, 2.75) is 58.3 Å². The van der Waals surface area contributed by atoms with Crippen molar-refractivity contribution in [2.75, 3.05) is 26.3 Å². The van der Waals surface area contributed by atoms with Gasteiger partial charge < -0.3 is 14.8 Å². The predicted octanol–water partition coefficient (Wildman–Crippen LogP) is 2.77. The lowest BCUT2D eigenvalue weighted by Crippen LogP contribution is -2.40. The third-order valence-electron chi connectivity index (χ3n) is 6.95. The van der Waals surface area contributed by atoms with E-state index in [0.29, 0.717) is 73.2 Å². The molecule has 10 nitrogen and oxygen atoms in total. The molecule has 3 heterocycles. The summed E-state index contributed by atoms with van der Waals surface area (Å²) < 4.78 is 35.9. The molecule has 0 saturated carbocycles. The number of aliphatic hydroxyl groups excluding tert-OH is 1. The lowest BCUT2D eigenvalue weighted by atomic mass is 9.87. The maximum atomic E-state index is 13.5. The van der Waals surface area contributed by atoms with E-state index < -0.39 is 10.0 Å². The first-order chi connectivity index (χ1) is 17.2. The van der Waals surface area contributed by atoms with E-state index in [1.165, 1.54) is 16.4 Å². The molecule has 36 heavy (non-hydrogen) atoms. The molecule has 2 aromatic heterocycles. The maximum absolute atomic E-state index is 13.5. The van der Waals surface area contributed by atoms with Gasteiger partial charge in [-0.05, 0) is 63.1 Å². The molecule has 0 radical (unpaired) electrons. The summed E-state index contributed by atoms with van der Waals surface area (Å²) in [7, 11) is -3.77. The highest BCUT2D eigenvalue weighted by Crippen LogP contribution is 2.33. The first-order valence-corrected chi connectivity index (χ1v) is 14.0. The van der Waals surface area contributed by atoms with Crippen LogP contribution in [0.1, 0.15) is 51.6 Å². The molecular formula is C25H35N5O5S. The van der Waals surface area contributed by atoms with Gasteiger partial charge in [-0.1, -0.05) is 13.8 Å². The number of H-pyrrole nitrogens is 1. The third kappa shape index (κ3) is 4.91. The number of aromatic nitrogens is 4. The largest absolute Gasteiger partial charge is 0.493 e. The van der Waals surface area contributed by atoms with E-state index >= 15 is 0 Å². The number of aryl methyl sites for hydroxylation is 2. The fourth-order valence-electron chi connectivity index (χ4n) is 4.86. The molecule has 196 valence electrons. The monoisotopic (exact) mass is 517 g/mol. The quantitative estimate of drug-likeness (QED) is 0.446. The Kier molecular flexibility index (Phi) is 7.82. The van der Waals surface area contributed by atoms with Crippen LogP contribution in [-0.4, -0.2) is 63.7 Å². The van der Waals surface area contributed by atoms with E-state index in [1.54, 1.807) is 17.5 Å². The topological polar surface area (TPSA) is 130 Å². The Morgan fingerprint density at radius 2 is 1.97 bits per heavy atom. The standard InChI is InChI=1S/C25H35N5O5S/c1-5-7-22-26-17(4)23-25(32)27-24(28-30(22)23)20-14-19(8-9-21(20)35-6-2)36(33,34)29-12-10-18(11-13-29)16(3)15-31/h8-9,14,16,18,31H,5-7,10-13,15H2,1-4H3,(H,27,28,32). The number of nitrogens with zero attached hydrogens (tertiary/aromatic N) is 4. The van der Waals surface area contributed by atoms with E-state index in [-0.39, 0.29) is 28.8 Å².